The van der Waals surface area contributed by atoms with E-state index in [-0.39, 0.29) is 17.8 Å². The number of nitrogens with zero attached hydrogens (tertiary/aromatic N) is 2. The fourth-order valence-corrected chi connectivity index (χ4v) is 1.65. The summed E-state index contributed by atoms with van der Waals surface area (Å²) >= 11 is 0. The summed E-state index contributed by atoms with van der Waals surface area (Å²) in [6.07, 6.45) is 3.63. The summed E-state index contributed by atoms with van der Waals surface area (Å²) in [5.74, 6) is 1.56. The lowest BCUT2D eigenvalue weighted by atomic mass is 9.70. The Labute approximate surface area is 89.9 Å². The molecule has 0 radical (unpaired) electrons. The summed E-state index contributed by atoms with van der Waals surface area (Å²) < 4.78 is 5.22. The zero-order valence-electron chi connectivity index (χ0n) is 8.54. The van der Waals surface area contributed by atoms with Gasteiger partial charge >= 0.3 is 0 Å². The van der Waals surface area contributed by atoms with E-state index in [4.69, 9.17) is 4.52 Å². The van der Waals surface area contributed by atoms with Gasteiger partial charge < -0.3 is 9.84 Å². The van der Waals surface area contributed by atoms with Crippen LogP contribution in [0.2, 0.25) is 0 Å². The Morgan fingerprint density at radius 2 is 2.21 bits per heavy atom. The highest BCUT2D eigenvalue weighted by Crippen LogP contribution is 2.42. The maximum atomic E-state index is 5.22. The Morgan fingerprint density at radius 1 is 1.50 bits per heavy atom. The van der Waals surface area contributed by atoms with Gasteiger partial charge in [-0.05, 0) is 19.9 Å². The highest BCUT2D eigenvalue weighted by molar-refractivity contribution is 5.85. The predicted octanol–water partition coefficient (Wildman–Crippen LogP) is 1.65. The maximum absolute atomic E-state index is 5.22. The lowest BCUT2D eigenvalue weighted by molar-refractivity contribution is 0.194. The van der Waals surface area contributed by atoms with Gasteiger partial charge in [0.15, 0.2) is 5.82 Å². The molecule has 0 bridgehead atoms. The molecule has 1 aliphatic rings. The van der Waals surface area contributed by atoms with Crippen LogP contribution in [0.1, 0.15) is 37.9 Å². The molecular weight excluding hydrogens is 202 g/mol. The van der Waals surface area contributed by atoms with Crippen LogP contribution in [-0.2, 0) is 12.0 Å². The van der Waals surface area contributed by atoms with Gasteiger partial charge in [0.25, 0.3) is 0 Å². The Kier molecular flexibility index (Phi) is 3.50. The summed E-state index contributed by atoms with van der Waals surface area (Å²) in [5.41, 5.74) is 0.166. The second-order valence-corrected chi connectivity index (χ2v) is 3.96. The van der Waals surface area contributed by atoms with Gasteiger partial charge in [-0.3, -0.25) is 0 Å². The molecule has 1 heterocycles. The van der Waals surface area contributed by atoms with Crippen molar-refractivity contribution in [3.8, 4) is 0 Å². The number of aromatic nitrogens is 2. The van der Waals surface area contributed by atoms with Crippen molar-refractivity contribution < 1.29 is 4.52 Å². The van der Waals surface area contributed by atoms with E-state index >= 15 is 0 Å². The topological polar surface area (TPSA) is 51.0 Å². The van der Waals surface area contributed by atoms with E-state index in [1.165, 1.54) is 19.3 Å². The SMILES string of the molecule is CNCc1noc(C2(C)CCC2)n1.Cl. The van der Waals surface area contributed by atoms with E-state index in [1.807, 2.05) is 7.05 Å². The second-order valence-electron chi connectivity index (χ2n) is 3.96. The lowest BCUT2D eigenvalue weighted by Gasteiger charge is -2.34. The van der Waals surface area contributed by atoms with Gasteiger partial charge in [-0.2, -0.15) is 4.98 Å². The van der Waals surface area contributed by atoms with Gasteiger partial charge in [-0.1, -0.05) is 18.5 Å². The van der Waals surface area contributed by atoms with Gasteiger partial charge in [-0.25, -0.2) is 0 Å². The van der Waals surface area contributed by atoms with Crippen molar-refractivity contribution in [2.24, 2.45) is 0 Å². The van der Waals surface area contributed by atoms with Crippen LogP contribution in [0.5, 0.6) is 0 Å². The van der Waals surface area contributed by atoms with Crippen LogP contribution in [-0.4, -0.2) is 17.2 Å². The van der Waals surface area contributed by atoms with E-state index < -0.39 is 0 Å². The largest absolute Gasteiger partial charge is 0.339 e. The quantitative estimate of drug-likeness (QED) is 0.837. The minimum Gasteiger partial charge on any atom is -0.339 e. The van der Waals surface area contributed by atoms with Crippen LogP contribution in [0.25, 0.3) is 0 Å². The van der Waals surface area contributed by atoms with Crippen molar-refractivity contribution in [3.05, 3.63) is 11.7 Å². The van der Waals surface area contributed by atoms with E-state index in [0.29, 0.717) is 6.54 Å². The number of rotatable bonds is 3. The van der Waals surface area contributed by atoms with Crippen LogP contribution < -0.4 is 5.32 Å². The van der Waals surface area contributed by atoms with Gasteiger partial charge in [-0.15, -0.1) is 12.4 Å². The monoisotopic (exact) mass is 217 g/mol. The standard InChI is InChI=1S/C9H15N3O.ClH/c1-9(4-3-5-9)8-11-7(6-10-2)12-13-8;/h10H,3-6H2,1-2H3;1H. The lowest BCUT2D eigenvalue weighted by Crippen LogP contribution is -2.30. The van der Waals surface area contributed by atoms with E-state index in [2.05, 4.69) is 22.4 Å². The van der Waals surface area contributed by atoms with Gasteiger partial charge in [0.1, 0.15) is 0 Å². The molecule has 0 aromatic carbocycles. The first-order valence-corrected chi connectivity index (χ1v) is 4.72. The first-order valence-electron chi connectivity index (χ1n) is 4.72. The van der Waals surface area contributed by atoms with E-state index in [9.17, 15) is 0 Å². The van der Waals surface area contributed by atoms with Crippen molar-refractivity contribution >= 4 is 12.4 Å². The molecule has 0 aliphatic heterocycles. The Balaban J connectivity index is 0.000000980. The predicted molar refractivity (Wildman–Crippen MR) is 55.5 cm³/mol. The van der Waals surface area contributed by atoms with Crippen LogP contribution in [0.15, 0.2) is 4.52 Å². The van der Waals surface area contributed by atoms with Crippen molar-refractivity contribution in [2.45, 2.75) is 38.1 Å². The van der Waals surface area contributed by atoms with Gasteiger partial charge in [0.05, 0.1) is 6.54 Å². The first kappa shape index (κ1) is 11.5. The summed E-state index contributed by atoms with van der Waals surface area (Å²) in [5, 5.41) is 6.91. The van der Waals surface area contributed by atoms with Crippen LogP contribution in [0.3, 0.4) is 0 Å². The second kappa shape index (κ2) is 4.28. The number of hydrogen-bond donors (Lipinski definition) is 1. The number of nitrogens with one attached hydrogen (secondary N) is 1. The Morgan fingerprint density at radius 3 is 2.71 bits per heavy atom. The van der Waals surface area contributed by atoms with Crippen LogP contribution in [0, 0.1) is 0 Å². The maximum Gasteiger partial charge on any atom is 0.232 e. The molecule has 80 valence electrons. The minimum atomic E-state index is 0. The summed E-state index contributed by atoms with van der Waals surface area (Å²) in [6, 6.07) is 0. The summed E-state index contributed by atoms with van der Waals surface area (Å²) in [6.45, 7) is 2.87. The molecule has 0 saturated heterocycles. The molecule has 1 N–H and O–H groups in total. The van der Waals surface area contributed by atoms with Gasteiger partial charge in [0, 0.05) is 5.41 Å². The molecule has 1 aromatic rings. The highest BCUT2D eigenvalue weighted by atomic mass is 35.5. The third-order valence-corrected chi connectivity index (χ3v) is 2.78. The molecule has 2 rings (SSSR count). The fraction of sp³-hybridized carbons (Fsp3) is 0.778. The van der Waals surface area contributed by atoms with E-state index in [1.54, 1.807) is 0 Å². The summed E-state index contributed by atoms with van der Waals surface area (Å²) in [7, 11) is 1.88. The molecule has 4 nitrogen and oxygen atoms in total. The molecule has 0 amide bonds. The zero-order chi connectivity index (χ0) is 9.31. The third kappa shape index (κ3) is 1.91. The molecule has 0 spiro atoms. The first-order chi connectivity index (χ1) is 6.24. The molecule has 5 heteroatoms. The zero-order valence-corrected chi connectivity index (χ0v) is 9.36. The van der Waals surface area contributed by atoms with Crippen molar-refractivity contribution in [1.82, 2.24) is 15.5 Å². The molecule has 1 saturated carbocycles. The molecule has 1 aromatic heterocycles. The molecule has 1 fully saturated rings. The molecule has 0 unspecified atom stereocenters. The third-order valence-electron chi connectivity index (χ3n) is 2.78. The van der Waals surface area contributed by atoms with Crippen LogP contribution in [0.4, 0.5) is 0 Å². The van der Waals surface area contributed by atoms with Crippen LogP contribution >= 0.6 is 12.4 Å². The fourth-order valence-electron chi connectivity index (χ4n) is 1.65. The molecule has 1 aliphatic carbocycles. The Hall–Kier alpha value is -0.610. The van der Waals surface area contributed by atoms with E-state index in [0.717, 1.165) is 11.7 Å². The highest BCUT2D eigenvalue weighted by Gasteiger charge is 2.38. The Bertz CT molecular complexity index is 296. The number of hydrogen-bond acceptors (Lipinski definition) is 4. The minimum absolute atomic E-state index is 0. The van der Waals surface area contributed by atoms with Crippen molar-refractivity contribution in [2.75, 3.05) is 7.05 Å². The number of halogens is 1. The van der Waals surface area contributed by atoms with Gasteiger partial charge in [0.2, 0.25) is 5.89 Å². The average Bonchev–Trinajstić information content (AvgIpc) is 2.50. The summed E-state index contributed by atoms with van der Waals surface area (Å²) in [4.78, 5) is 4.35. The van der Waals surface area contributed by atoms with Crippen molar-refractivity contribution in [1.29, 1.82) is 0 Å². The molecule has 0 atom stereocenters. The van der Waals surface area contributed by atoms with Crippen molar-refractivity contribution in [3.63, 3.8) is 0 Å². The average molecular weight is 218 g/mol. The molecular formula is C9H16ClN3O. The molecule has 14 heavy (non-hydrogen) atoms. The normalized spacial score (nSPS) is 18.4. The smallest absolute Gasteiger partial charge is 0.232 e.